The van der Waals surface area contributed by atoms with Gasteiger partial charge < -0.3 is 9.80 Å². The minimum absolute atomic E-state index is 0.128. The highest BCUT2D eigenvalue weighted by molar-refractivity contribution is 9.10. The molecule has 0 aliphatic carbocycles. The van der Waals surface area contributed by atoms with Crippen molar-refractivity contribution >= 4 is 33.7 Å². The molecule has 0 spiro atoms. The van der Waals surface area contributed by atoms with E-state index in [9.17, 15) is 18.0 Å². The van der Waals surface area contributed by atoms with Gasteiger partial charge in [0.25, 0.3) is 0 Å². The molecular weight excluding hydrogens is 425 g/mol. The summed E-state index contributed by atoms with van der Waals surface area (Å²) in [7, 11) is 0. The number of aromatic nitrogens is 2. The van der Waals surface area contributed by atoms with E-state index in [1.807, 2.05) is 24.3 Å². The van der Waals surface area contributed by atoms with Gasteiger partial charge in [-0.25, -0.2) is 9.97 Å². The standard InChI is InChI=1S/C18H16BrF3N4O/c19-14-4-1-13(2-5-14)3-6-17(27)26-9-7-25(8-10-26)16-11-15(18(20,21)22)23-12-24-16/h1-6,11-12H,7-10H2/b6-3+. The highest BCUT2D eigenvalue weighted by Gasteiger charge is 2.33. The zero-order chi connectivity index (χ0) is 19.4. The lowest BCUT2D eigenvalue weighted by molar-refractivity contribution is -0.141. The molecule has 5 nitrogen and oxygen atoms in total. The van der Waals surface area contributed by atoms with Gasteiger partial charge in [-0.2, -0.15) is 13.2 Å². The summed E-state index contributed by atoms with van der Waals surface area (Å²) in [6.07, 6.45) is -0.351. The topological polar surface area (TPSA) is 49.3 Å². The number of halogens is 4. The number of piperazine rings is 1. The maximum atomic E-state index is 12.8. The number of carbonyl (C=O) groups excluding carboxylic acids is 1. The van der Waals surface area contributed by atoms with Crippen molar-refractivity contribution in [2.24, 2.45) is 0 Å². The number of amides is 1. The van der Waals surface area contributed by atoms with Gasteiger partial charge in [0.15, 0.2) is 0 Å². The van der Waals surface area contributed by atoms with Gasteiger partial charge in [0.1, 0.15) is 17.8 Å². The van der Waals surface area contributed by atoms with Crippen molar-refractivity contribution in [3.8, 4) is 0 Å². The van der Waals surface area contributed by atoms with Gasteiger partial charge in [-0.3, -0.25) is 4.79 Å². The lowest BCUT2D eigenvalue weighted by atomic mass is 10.2. The van der Waals surface area contributed by atoms with E-state index in [4.69, 9.17) is 0 Å². The van der Waals surface area contributed by atoms with Crippen LogP contribution in [-0.2, 0) is 11.0 Å². The number of alkyl halides is 3. The lowest BCUT2D eigenvalue weighted by Crippen LogP contribution is -2.48. The molecule has 2 aromatic rings. The molecule has 142 valence electrons. The summed E-state index contributed by atoms with van der Waals surface area (Å²) in [5.41, 5.74) is -0.0608. The van der Waals surface area contributed by atoms with Crippen molar-refractivity contribution in [1.82, 2.24) is 14.9 Å². The third-order valence-electron chi connectivity index (χ3n) is 4.15. The molecule has 1 aliphatic rings. The number of hydrogen-bond acceptors (Lipinski definition) is 4. The van der Waals surface area contributed by atoms with E-state index < -0.39 is 11.9 Å². The molecule has 0 radical (unpaired) electrons. The third kappa shape index (κ3) is 5.06. The Morgan fingerprint density at radius 1 is 1.07 bits per heavy atom. The summed E-state index contributed by atoms with van der Waals surface area (Å²) in [4.78, 5) is 22.9. The number of hydrogen-bond donors (Lipinski definition) is 0. The van der Waals surface area contributed by atoms with Crippen LogP contribution in [0.25, 0.3) is 6.08 Å². The van der Waals surface area contributed by atoms with Crippen molar-refractivity contribution in [3.05, 3.63) is 58.5 Å². The lowest BCUT2D eigenvalue weighted by Gasteiger charge is -2.35. The van der Waals surface area contributed by atoms with Crippen LogP contribution in [0.4, 0.5) is 19.0 Å². The molecule has 1 amide bonds. The van der Waals surface area contributed by atoms with Gasteiger partial charge in [-0.15, -0.1) is 0 Å². The zero-order valence-electron chi connectivity index (χ0n) is 14.2. The van der Waals surface area contributed by atoms with Gasteiger partial charge in [0.2, 0.25) is 5.91 Å². The van der Waals surface area contributed by atoms with E-state index in [0.29, 0.717) is 26.2 Å². The second-order valence-electron chi connectivity index (χ2n) is 5.96. The molecule has 27 heavy (non-hydrogen) atoms. The Kier molecular flexibility index (Phi) is 5.79. The molecule has 0 N–H and O–H groups in total. The molecular formula is C18H16BrF3N4O. The SMILES string of the molecule is O=C(/C=C/c1ccc(Br)cc1)N1CCN(c2cc(C(F)(F)F)ncn2)CC1. The zero-order valence-corrected chi connectivity index (χ0v) is 15.7. The fraction of sp³-hybridized carbons (Fsp3) is 0.278. The van der Waals surface area contributed by atoms with Crippen LogP contribution in [0.2, 0.25) is 0 Å². The quantitative estimate of drug-likeness (QED) is 0.683. The normalized spacial score (nSPS) is 15.4. The number of benzene rings is 1. The Bertz CT molecular complexity index is 831. The summed E-state index contributed by atoms with van der Waals surface area (Å²) in [5.74, 6) is 0.0889. The number of anilines is 1. The number of rotatable bonds is 3. The third-order valence-corrected chi connectivity index (χ3v) is 4.68. The first-order chi connectivity index (χ1) is 12.8. The first-order valence-electron chi connectivity index (χ1n) is 8.20. The summed E-state index contributed by atoms with van der Waals surface area (Å²) in [6.45, 7) is 1.64. The van der Waals surface area contributed by atoms with Crippen LogP contribution in [0.1, 0.15) is 11.3 Å². The van der Waals surface area contributed by atoms with Crippen molar-refractivity contribution in [3.63, 3.8) is 0 Å². The molecule has 1 saturated heterocycles. The largest absolute Gasteiger partial charge is 0.433 e. The average Bonchev–Trinajstić information content (AvgIpc) is 2.67. The maximum absolute atomic E-state index is 12.8. The predicted octanol–water partition coefficient (Wildman–Crippen LogP) is 3.62. The Hall–Kier alpha value is -2.42. The van der Waals surface area contributed by atoms with Crippen LogP contribution in [-0.4, -0.2) is 47.0 Å². The Balaban J connectivity index is 1.58. The minimum Gasteiger partial charge on any atom is -0.353 e. The van der Waals surface area contributed by atoms with Gasteiger partial charge in [0, 0.05) is 42.8 Å². The number of nitrogens with zero attached hydrogens (tertiary/aromatic N) is 4. The van der Waals surface area contributed by atoms with Gasteiger partial charge in [-0.05, 0) is 23.8 Å². The molecule has 0 unspecified atom stereocenters. The van der Waals surface area contributed by atoms with Gasteiger partial charge >= 0.3 is 6.18 Å². The molecule has 0 bridgehead atoms. The van der Waals surface area contributed by atoms with E-state index in [0.717, 1.165) is 22.4 Å². The van der Waals surface area contributed by atoms with Crippen molar-refractivity contribution in [2.45, 2.75) is 6.18 Å². The van der Waals surface area contributed by atoms with E-state index >= 15 is 0 Å². The summed E-state index contributed by atoms with van der Waals surface area (Å²) >= 11 is 3.35. The molecule has 1 aromatic carbocycles. The van der Waals surface area contributed by atoms with E-state index in [1.54, 1.807) is 15.9 Å². The highest BCUT2D eigenvalue weighted by Crippen LogP contribution is 2.29. The van der Waals surface area contributed by atoms with Crippen LogP contribution in [0.15, 0.2) is 47.2 Å². The monoisotopic (exact) mass is 440 g/mol. The van der Waals surface area contributed by atoms with Gasteiger partial charge in [-0.1, -0.05) is 28.1 Å². The Labute approximate surface area is 162 Å². The minimum atomic E-state index is -4.51. The molecule has 1 aliphatic heterocycles. The van der Waals surface area contributed by atoms with E-state index in [-0.39, 0.29) is 11.7 Å². The molecule has 2 heterocycles. The Morgan fingerprint density at radius 3 is 2.37 bits per heavy atom. The van der Waals surface area contributed by atoms with Crippen LogP contribution in [0, 0.1) is 0 Å². The van der Waals surface area contributed by atoms with Crippen LogP contribution in [0.5, 0.6) is 0 Å². The van der Waals surface area contributed by atoms with E-state index in [1.165, 1.54) is 6.08 Å². The summed E-state index contributed by atoms with van der Waals surface area (Å²) in [5, 5.41) is 0. The maximum Gasteiger partial charge on any atom is 0.433 e. The summed E-state index contributed by atoms with van der Waals surface area (Å²) < 4.78 is 39.3. The fourth-order valence-electron chi connectivity index (χ4n) is 2.68. The second-order valence-corrected chi connectivity index (χ2v) is 6.87. The van der Waals surface area contributed by atoms with Gasteiger partial charge in [0.05, 0.1) is 0 Å². The van der Waals surface area contributed by atoms with Crippen molar-refractivity contribution in [1.29, 1.82) is 0 Å². The van der Waals surface area contributed by atoms with Crippen LogP contribution in [0.3, 0.4) is 0 Å². The predicted molar refractivity (Wildman–Crippen MR) is 99.0 cm³/mol. The Morgan fingerprint density at radius 2 is 1.74 bits per heavy atom. The van der Waals surface area contributed by atoms with Crippen molar-refractivity contribution in [2.75, 3.05) is 31.1 Å². The first kappa shape index (κ1) is 19.3. The molecule has 0 atom stereocenters. The fourth-order valence-corrected chi connectivity index (χ4v) is 2.94. The van der Waals surface area contributed by atoms with Crippen LogP contribution < -0.4 is 4.90 Å². The van der Waals surface area contributed by atoms with Crippen LogP contribution >= 0.6 is 15.9 Å². The average molecular weight is 441 g/mol. The van der Waals surface area contributed by atoms with E-state index in [2.05, 4.69) is 25.9 Å². The molecule has 3 rings (SSSR count). The molecule has 1 fully saturated rings. The highest BCUT2D eigenvalue weighted by atomic mass is 79.9. The summed E-state index contributed by atoms with van der Waals surface area (Å²) in [6, 6.07) is 8.49. The smallest absolute Gasteiger partial charge is 0.353 e. The number of carbonyl (C=O) groups is 1. The molecule has 9 heteroatoms. The second kappa shape index (κ2) is 8.08. The first-order valence-corrected chi connectivity index (χ1v) is 8.99. The molecule has 0 saturated carbocycles. The molecule has 1 aromatic heterocycles. The van der Waals surface area contributed by atoms with Crippen molar-refractivity contribution < 1.29 is 18.0 Å².